The van der Waals surface area contributed by atoms with Crippen molar-refractivity contribution in [2.24, 2.45) is 25.7 Å². The largest absolute Gasteiger partial charge is 0.505 e. The molecule has 0 saturated heterocycles. The number of nitrogens with two attached hydrogens (primary N) is 1. The normalized spacial score (nSPS) is 12.1. The van der Waals surface area contributed by atoms with E-state index in [-0.39, 0.29) is 61.8 Å². The zero-order valence-electron chi connectivity index (χ0n) is 28.6. The number of carbonyl (C=O) groups is 1. The van der Waals surface area contributed by atoms with Crippen LogP contribution in [-0.4, -0.2) is 92.5 Å². The Bertz CT molecular complexity index is 2620. The Morgan fingerprint density at radius 3 is 2.19 bits per heavy atom. The standard InChI is InChI=1S/C28H25N7O16S5.H2O/c1-35(34-38)9-10-54(40,41)15-4-7-19(23(12-15)55(42,43)44)30-32-24-17-13-22(53-51-50-39)25(26(36)16(17)5-6-18(24)29)33-31-20-11-14(3-8-21(20)48-2)27(52)28(37)49-56(45,46)47;/h3-8,11-13,36,39H,9-10,29H2,1-2H3,(H,42,43,44)(H,45,46,47);1H2. The molecule has 57 heavy (non-hydrogen) atoms. The monoisotopic (exact) mass is 893 g/mol. The van der Waals surface area contributed by atoms with Crippen molar-refractivity contribution in [3.05, 3.63) is 65.1 Å². The van der Waals surface area contributed by atoms with Crippen LogP contribution in [0.2, 0.25) is 0 Å². The smallest absolute Gasteiger partial charge is 0.449 e. The fraction of sp³-hybridized carbons (Fsp3) is 0.143. The minimum atomic E-state index is -5.18. The molecule has 0 amide bonds. The second kappa shape index (κ2) is 18.7. The molecular formula is C28H27N7O17S5. The molecule has 24 nitrogen and oxygen atoms in total. The van der Waals surface area contributed by atoms with E-state index in [0.717, 1.165) is 23.2 Å². The number of rotatable bonds is 17. The minimum Gasteiger partial charge on any atom is -0.505 e. The maximum atomic E-state index is 12.8. The van der Waals surface area contributed by atoms with Crippen molar-refractivity contribution < 1.29 is 73.3 Å². The summed E-state index contributed by atoms with van der Waals surface area (Å²) >= 11 is 5.24. The van der Waals surface area contributed by atoms with Crippen LogP contribution in [0.25, 0.3) is 10.8 Å². The SMILES string of the molecule is COc1ccc(C(=S)C(=O)OS(=O)(=O)O)cc1N=Nc1c(SOOO)cc2c(N=Nc3ccc(S(=O)(=O)CCN(C)N=O)cc3S(=O)(=O)O)c(N)ccc2c1O.O. The van der Waals surface area contributed by atoms with Gasteiger partial charge in [0.25, 0.3) is 10.1 Å². The summed E-state index contributed by atoms with van der Waals surface area (Å²) in [6, 6.07) is 10.1. The molecule has 0 unspecified atom stereocenters. The van der Waals surface area contributed by atoms with Crippen molar-refractivity contribution in [3.8, 4) is 11.5 Å². The van der Waals surface area contributed by atoms with E-state index < -0.39 is 68.2 Å². The quantitative estimate of drug-likeness (QED) is 0.0114. The molecule has 29 heteroatoms. The molecule has 0 bridgehead atoms. The van der Waals surface area contributed by atoms with Crippen LogP contribution in [0, 0.1) is 4.91 Å². The topological polar surface area (TPSA) is 377 Å². The van der Waals surface area contributed by atoms with Crippen LogP contribution in [-0.2, 0) is 48.7 Å². The van der Waals surface area contributed by atoms with E-state index in [1.165, 1.54) is 44.5 Å². The molecule has 0 fully saturated rings. The number of hydrogen-bond donors (Lipinski definition) is 5. The maximum Gasteiger partial charge on any atom is 0.449 e. The molecular weight excluding hydrogens is 867 g/mol. The second-order valence-electron chi connectivity index (χ2n) is 10.7. The molecule has 0 aromatic heterocycles. The highest BCUT2D eigenvalue weighted by atomic mass is 32.3. The van der Waals surface area contributed by atoms with Gasteiger partial charge in [-0.3, -0.25) is 14.1 Å². The molecule has 0 heterocycles. The van der Waals surface area contributed by atoms with Crippen LogP contribution < -0.4 is 10.5 Å². The van der Waals surface area contributed by atoms with Crippen LogP contribution in [0.1, 0.15) is 5.56 Å². The van der Waals surface area contributed by atoms with Crippen molar-refractivity contribution >= 4 is 105 Å². The highest BCUT2D eigenvalue weighted by Crippen LogP contribution is 2.48. The molecule has 0 aliphatic carbocycles. The molecule has 0 aliphatic heterocycles. The number of sulfone groups is 1. The number of nitroso groups, excluding NO2 is 1. The number of thiocarbonyl (C=S) groups is 1. The number of methoxy groups -OCH3 is 1. The molecule has 0 aliphatic rings. The van der Waals surface area contributed by atoms with Crippen LogP contribution in [0.5, 0.6) is 11.5 Å². The predicted molar refractivity (Wildman–Crippen MR) is 202 cm³/mol. The zero-order chi connectivity index (χ0) is 41.6. The summed E-state index contributed by atoms with van der Waals surface area (Å²) in [6.45, 7) is -0.323. The van der Waals surface area contributed by atoms with Gasteiger partial charge in [-0.05, 0) is 54.6 Å². The van der Waals surface area contributed by atoms with Crippen molar-refractivity contribution in [3.63, 3.8) is 0 Å². The molecule has 8 N–H and O–H groups in total. The van der Waals surface area contributed by atoms with Crippen LogP contribution in [0.15, 0.2) is 95.0 Å². The number of hydrogen-bond acceptors (Lipinski definition) is 22. The van der Waals surface area contributed by atoms with Gasteiger partial charge in [-0.15, -0.1) is 29.7 Å². The average Bonchev–Trinajstić information content (AvgIpc) is 3.13. The summed E-state index contributed by atoms with van der Waals surface area (Å²) in [5.74, 6) is -2.78. The Morgan fingerprint density at radius 2 is 1.58 bits per heavy atom. The van der Waals surface area contributed by atoms with Gasteiger partial charge in [-0.25, -0.2) is 18.5 Å². The van der Waals surface area contributed by atoms with E-state index in [1.54, 1.807) is 0 Å². The Morgan fingerprint density at radius 1 is 0.912 bits per heavy atom. The number of phenolic OH excluding ortho intramolecular Hbond substituents is 1. The second-order valence-corrected chi connectivity index (χ2v) is 16.4. The van der Waals surface area contributed by atoms with Gasteiger partial charge in [0.2, 0.25) is 0 Å². The first-order valence-electron chi connectivity index (χ1n) is 14.6. The first-order chi connectivity index (χ1) is 26.2. The Hall–Kier alpha value is -5.34. The molecule has 306 valence electrons. The van der Waals surface area contributed by atoms with Gasteiger partial charge in [-0.1, -0.05) is 17.3 Å². The molecule has 4 aromatic rings. The zero-order valence-corrected chi connectivity index (χ0v) is 32.7. The molecule has 4 aromatic carbocycles. The molecule has 0 saturated carbocycles. The number of azo groups is 2. The number of ether oxygens (including phenoxy) is 1. The number of benzene rings is 4. The third kappa shape index (κ3) is 11.4. The van der Waals surface area contributed by atoms with Gasteiger partial charge in [0.15, 0.2) is 15.6 Å². The summed E-state index contributed by atoms with van der Waals surface area (Å²) in [5.41, 5.74) is 4.76. The van der Waals surface area contributed by atoms with Crippen LogP contribution >= 0.6 is 24.3 Å². The number of aromatic hydroxyl groups is 1. The van der Waals surface area contributed by atoms with E-state index in [1.807, 2.05) is 0 Å². The number of phenols is 1. The number of fused-ring (bicyclic) bond motifs is 1. The highest BCUT2D eigenvalue weighted by molar-refractivity contribution is 7.94. The fourth-order valence-electron chi connectivity index (χ4n) is 4.50. The lowest BCUT2D eigenvalue weighted by Gasteiger charge is -2.12. The third-order valence-corrected chi connectivity index (χ3v) is 11.1. The van der Waals surface area contributed by atoms with Gasteiger partial charge in [0, 0.05) is 23.4 Å². The van der Waals surface area contributed by atoms with E-state index in [9.17, 15) is 44.6 Å². The Labute approximate surface area is 330 Å². The Kier molecular flexibility index (Phi) is 15.1. The van der Waals surface area contributed by atoms with Gasteiger partial charge in [-0.2, -0.15) is 16.8 Å². The molecule has 4 rings (SSSR count). The fourth-order valence-corrected chi connectivity index (χ4v) is 7.52. The summed E-state index contributed by atoms with van der Waals surface area (Å²) in [5, 5.41) is 43.3. The van der Waals surface area contributed by atoms with Crippen molar-refractivity contribution in [2.75, 3.05) is 32.2 Å². The average molecular weight is 894 g/mol. The summed E-state index contributed by atoms with van der Waals surface area (Å²) in [6.07, 6.45) is 0. The highest BCUT2D eigenvalue weighted by Gasteiger charge is 2.24. The number of nitrogens with zero attached hydrogens (tertiary/aromatic N) is 6. The minimum absolute atomic E-state index is 0. The van der Waals surface area contributed by atoms with Crippen LogP contribution in [0.3, 0.4) is 0 Å². The molecule has 0 radical (unpaired) electrons. The van der Waals surface area contributed by atoms with Crippen LogP contribution in [0.4, 0.5) is 28.4 Å². The molecule has 0 spiro atoms. The lowest BCUT2D eigenvalue weighted by molar-refractivity contribution is -0.432. The molecule has 0 atom stereocenters. The lowest BCUT2D eigenvalue weighted by atomic mass is 10.1. The van der Waals surface area contributed by atoms with Gasteiger partial charge in [0.05, 0.1) is 52.2 Å². The van der Waals surface area contributed by atoms with E-state index in [2.05, 4.69) is 39.3 Å². The third-order valence-electron chi connectivity index (χ3n) is 7.10. The van der Waals surface area contributed by atoms with Crippen molar-refractivity contribution in [1.82, 2.24) is 5.01 Å². The first-order valence-corrected chi connectivity index (χ1v) is 20.2. The van der Waals surface area contributed by atoms with Gasteiger partial charge in [0.1, 0.15) is 38.3 Å². The van der Waals surface area contributed by atoms with E-state index >= 15 is 0 Å². The lowest BCUT2D eigenvalue weighted by Crippen LogP contribution is -2.21. The summed E-state index contributed by atoms with van der Waals surface area (Å²) in [4.78, 5) is 20.4. The van der Waals surface area contributed by atoms with Gasteiger partial charge < -0.3 is 25.2 Å². The number of nitrogen functional groups attached to an aromatic ring is 1. The Balaban J connectivity index is 0.00000870. The maximum absolute atomic E-state index is 12.8. The van der Waals surface area contributed by atoms with E-state index in [0.29, 0.717) is 18.1 Å². The first kappa shape index (κ1) is 46.0. The summed E-state index contributed by atoms with van der Waals surface area (Å²) < 4.78 is 105. The summed E-state index contributed by atoms with van der Waals surface area (Å²) in [7, 11) is -12.0. The van der Waals surface area contributed by atoms with Gasteiger partial charge >= 0.3 is 16.4 Å². The number of anilines is 1. The predicted octanol–water partition coefficient (Wildman–Crippen LogP) is 4.27. The number of carbonyl (C=O) groups excluding carboxylic acids is 1. The van der Waals surface area contributed by atoms with Crippen molar-refractivity contribution in [2.45, 2.75) is 14.7 Å². The van der Waals surface area contributed by atoms with Crippen molar-refractivity contribution in [1.29, 1.82) is 0 Å². The van der Waals surface area contributed by atoms with E-state index in [4.69, 9.17) is 32.5 Å².